The van der Waals surface area contributed by atoms with Gasteiger partial charge in [0.15, 0.2) is 5.71 Å². The Kier molecular flexibility index (Phi) is 6.54. The van der Waals surface area contributed by atoms with Crippen LogP contribution in [-0.4, -0.2) is 18.2 Å². The third-order valence-corrected chi connectivity index (χ3v) is 2.51. The third-order valence-electron chi connectivity index (χ3n) is 2.51. The van der Waals surface area contributed by atoms with Crippen molar-refractivity contribution in [3.05, 3.63) is 35.9 Å². The first kappa shape index (κ1) is 14.2. The van der Waals surface area contributed by atoms with Gasteiger partial charge in [0, 0.05) is 5.56 Å². The van der Waals surface area contributed by atoms with Gasteiger partial charge in [-0.1, -0.05) is 55.3 Å². The zero-order valence-corrected chi connectivity index (χ0v) is 10.7. The zero-order valence-electron chi connectivity index (χ0n) is 10.7. The molecule has 97 valence electrons. The van der Waals surface area contributed by atoms with Gasteiger partial charge in [0.2, 0.25) is 0 Å². The first-order valence-electron chi connectivity index (χ1n) is 6.27. The minimum Gasteiger partial charge on any atom is -0.395 e. The lowest BCUT2D eigenvalue weighted by Gasteiger charge is -2.03. The molecule has 0 spiro atoms. The Morgan fingerprint density at radius 1 is 1.22 bits per heavy atom. The molecular formula is C14H19N2O2. The molecule has 0 heterocycles. The molecule has 1 rings (SSSR count). The minimum atomic E-state index is -0.824. The fraction of sp³-hybridized carbons (Fsp3) is 0.429. The second-order valence-electron chi connectivity index (χ2n) is 4.03. The number of carbonyl (C=O) groups is 1. The highest BCUT2D eigenvalue weighted by molar-refractivity contribution is 6.44. The smallest absolute Gasteiger partial charge is 0.292 e. The maximum absolute atomic E-state index is 11.2. The van der Waals surface area contributed by atoms with Crippen molar-refractivity contribution >= 4 is 11.6 Å². The number of benzene rings is 1. The topological polar surface area (TPSA) is 62.5 Å². The quantitative estimate of drug-likeness (QED) is 0.403. The minimum absolute atomic E-state index is 0.0612. The number of hydrogen-bond donors (Lipinski definition) is 0. The van der Waals surface area contributed by atoms with E-state index in [0.717, 1.165) is 12.8 Å². The lowest BCUT2D eigenvalue weighted by Crippen LogP contribution is -2.16. The second kappa shape index (κ2) is 8.28. The summed E-state index contributed by atoms with van der Waals surface area (Å²) in [6.07, 6.45) is 4.37. The molecular weight excluding hydrogens is 228 g/mol. The average molecular weight is 247 g/mol. The Balaban J connectivity index is 2.50. The van der Waals surface area contributed by atoms with E-state index in [-0.39, 0.29) is 5.71 Å². The molecule has 0 aliphatic heterocycles. The van der Waals surface area contributed by atoms with Crippen molar-refractivity contribution in [2.75, 3.05) is 6.61 Å². The van der Waals surface area contributed by atoms with Gasteiger partial charge in [-0.25, -0.2) is 0 Å². The van der Waals surface area contributed by atoms with Gasteiger partial charge in [-0.3, -0.25) is 10.5 Å². The predicted octanol–water partition coefficient (Wildman–Crippen LogP) is 2.80. The summed E-state index contributed by atoms with van der Waals surface area (Å²) in [5, 5.41) is 3.77. The summed E-state index contributed by atoms with van der Waals surface area (Å²) in [6.45, 7) is 2.63. The van der Waals surface area contributed by atoms with Crippen LogP contribution in [0.3, 0.4) is 0 Å². The molecule has 0 bridgehead atoms. The van der Waals surface area contributed by atoms with Crippen molar-refractivity contribution < 1.29 is 9.63 Å². The zero-order chi connectivity index (χ0) is 13.2. The van der Waals surface area contributed by atoms with Crippen LogP contribution in [0.4, 0.5) is 0 Å². The summed E-state index contributed by atoms with van der Waals surface area (Å²) in [5.41, 5.74) is 7.85. The van der Waals surface area contributed by atoms with E-state index < -0.39 is 5.91 Å². The summed E-state index contributed by atoms with van der Waals surface area (Å²) < 4.78 is 0. The number of rotatable bonds is 8. The highest BCUT2D eigenvalue weighted by Crippen LogP contribution is 2.03. The summed E-state index contributed by atoms with van der Waals surface area (Å²) in [6, 6.07) is 8.93. The SMILES string of the molecule is CCCCCCON=C(C([NH])=O)c1ccccc1. The maximum Gasteiger partial charge on any atom is 0.292 e. The molecule has 1 N–H and O–H groups in total. The van der Waals surface area contributed by atoms with E-state index in [2.05, 4.69) is 12.1 Å². The van der Waals surface area contributed by atoms with Crippen LogP contribution < -0.4 is 5.73 Å². The second-order valence-corrected chi connectivity index (χ2v) is 4.03. The van der Waals surface area contributed by atoms with E-state index >= 15 is 0 Å². The van der Waals surface area contributed by atoms with Crippen molar-refractivity contribution in [1.29, 1.82) is 0 Å². The van der Waals surface area contributed by atoms with Gasteiger partial charge in [0.05, 0.1) is 0 Å². The van der Waals surface area contributed by atoms with Crippen molar-refractivity contribution in [2.24, 2.45) is 5.16 Å². The van der Waals surface area contributed by atoms with Gasteiger partial charge < -0.3 is 4.84 Å². The molecule has 0 aromatic heterocycles. The summed E-state index contributed by atoms with van der Waals surface area (Å²) in [7, 11) is 0. The van der Waals surface area contributed by atoms with Crippen molar-refractivity contribution in [3.8, 4) is 0 Å². The van der Waals surface area contributed by atoms with Gasteiger partial charge in [0.25, 0.3) is 5.91 Å². The normalized spacial score (nSPS) is 11.3. The molecule has 1 aromatic rings. The fourth-order valence-electron chi connectivity index (χ4n) is 1.52. The van der Waals surface area contributed by atoms with Gasteiger partial charge in [-0.05, 0) is 12.8 Å². The number of carbonyl (C=O) groups excluding carboxylic acids is 1. The van der Waals surface area contributed by atoms with E-state index in [4.69, 9.17) is 10.6 Å². The van der Waals surface area contributed by atoms with E-state index in [0.29, 0.717) is 12.2 Å². The molecule has 0 saturated heterocycles. The Hall–Kier alpha value is -1.84. The van der Waals surface area contributed by atoms with Crippen molar-refractivity contribution in [2.45, 2.75) is 32.6 Å². The van der Waals surface area contributed by atoms with Crippen LogP contribution >= 0.6 is 0 Å². The Morgan fingerprint density at radius 2 is 1.94 bits per heavy atom. The highest BCUT2D eigenvalue weighted by atomic mass is 16.6. The average Bonchev–Trinajstić information content (AvgIpc) is 2.38. The van der Waals surface area contributed by atoms with Crippen LogP contribution in [0.1, 0.15) is 38.2 Å². The van der Waals surface area contributed by atoms with Crippen molar-refractivity contribution in [1.82, 2.24) is 5.73 Å². The standard InChI is InChI=1S/C14H19N2O2/c1-2-3-4-8-11-18-16-13(14(15)17)12-9-6-5-7-10-12/h5-7,9-10,15H,2-4,8,11H2,1H3. The maximum atomic E-state index is 11.2. The fourth-order valence-corrected chi connectivity index (χ4v) is 1.52. The van der Waals surface area contributed by atoms with Crippen LogP contribution in [0, 0.1) is 0 Å². The molecule has 1 radical (unpaired) electrons. The van der Waals surface area contributed by atoms with E-state index in [1.54, 1.807) is 24.3 Å². The predicted molar refractivity (Wildman–Crippen MR) is 71.2 cm³/mol. The highest BCUT2D eigenvalue weighted by Gasteiger charge is 2.11. The molecule has 4 heteroatoms. The molecule has 0 atom stereocenters. The van der Waals surface area contributed by atoms with Gasteiger partial charge >= 0.3 is 0 Å². The van der Waals surface area contributed by atoms with E-state index in [1.807, 2.05) is 6.07 Å². The number of oxime groups is 1. The molecule has 18 heavy (non-hydrogen) atoms. The molecule has 0 saturated carbocycles. The summed E-state index contributed by atoms with van der Waals surface area (Å²) >= 11 is 0. The number of nitrogens with one attached hydrogen (secondary N) is 1. The Bertz CT molecular complexity index is 388. The monoisotopic (exact) mass is 247 g/mol. The van der Waals surface area contributed by atoms with Crippen LogP contribution in [-0.2, 0) is 9.63 Å². The van der Waals surface area contributed by atoms with Crippen LogP contribution in [0.5, 0.6) is 0 Å². The molecule has 0 unspecified atom stereocenters. The van der Waals surface area contributed by atoms with E-state index in [1.165, 1.54) is 12.8 Å². The number of nitrogens with zero attached hydrogens (tertiary/aromatic N) is 1. The molecule has 0 aliphatic carbocycles. The van der Waals surface area contributed by atoms with E-state index in [9.17, 15) is 4.79 Å². The summed E-state index contributed by atoms with van der Waals surface area (Å²) in [5.74, 6) is -0.824. The van der Waals surface area contributed by atoms with Crippen LogP contribution in [0.2, 0.25) is 0 Å². The molecule has 0 aliphatic rings. The molecule has 1 aromatic carbocycles. The van der Waals surface area contributed by atoms with Crippen molar-refractivity contribution in [3.63, 3.8) is 0 Å². The van der Waals surface area contributed by atoms with Crippen LogP contribution in [0.25, 0.3) is 0 Å². The summed E-state index contributed by atoms with van der Waals surface area (Å²) in [4.78, 5) is 16.3. The first-order valence-corrected chi connectivity index (χ1v) is 6.27. The Labute approximate surface area is 108 Å². The number of unbranched alkanes of at least 4 members (excludes halogenated alkanes) is 3. The molecule has 4 nitrogen and oxygen atoms in total. The Morgan fingerprint density at radius 3 is 2.56 bits per heavy atom. The lowest BCUT2D eigenvalue weighted by molar-refractivity contribution is -0.112. The van der Waals surface area contributed by atoms with Gasteiger partial charge in [-0.2, -0.15) is 0 Å². The number of amides is 1. The first-order chi connectivity index (χ1) is 8.75. The largest absolute Gasteiger partial charge is 0.395 e. The third kappa shape index (κ3) is 4.99. The van der Waals surface area contributed by atoms with Gasteiger partial charge in [0.1, 0.15) is 6.61 Å². The van der Waals surface area contributed by atoms with Crippen LogP contribution in [0.15, 0.2) is 35.5 Å². The number of hydrogen-bond acceptors (Lipinski definition) is 3. The lowest BCUT2D eigenvalue weighted by atomic mass is 10.1. The molecule has 1 amide bonds. The van der Waals surface area contributed by atoms with Gasteiger partial charge in [-0.15, -0.1) is 0 Å². The molecule has 0 fully saturated rings.